The molecule has 0 aliphatic rings. The normalized spacial score (nSPS) is 10.6. The van der Waals surface area contributed by atoms with Crippen LogP contribution >= 0.6 is 15.9 Å². The molecule has 0 saturated carbocycles. The second-order valence-corrected chi connectivity index (χ2v) is 3.96. The fourth-order valence-corrected chi connectivity index (χ4v) is 1.92. The van der Waals surface area contributed by atoms with E-state index in [0.717, 1.165) is 0 Å². The number of hydrogen-bond acceptors (Lipinski definition) is 2. The highest BCUT2D eigenvalue weighted by Gasteiger charge is 2.20. The number of furan rings is 1. The zero-order valence-electron chi connectivity index (χ0n) is 8.14. The maximum Gasteiger partial charge on any atom is 0.185 e. The van der Waals surface area contributed by atoms with E-state index in [1.807, 2.05) is 0 Å². The fraction of sp³-hybridized carbons (Fsp3) is 0. The van der Waals surface area contributed by atoms with Crippen LogP contribution in [0.25, 0.3) is 11.3 Å². The van der Waals surface area contributed by atoms with Crippen LogP contribution in [0.2, 0.25) is 0 Å². The van der Waals surface area contributed by atoms with Crippen LogP contribution < -0.4 is 0 Å². The van der Waals surface area contributed by atoms with Gasteiger partial charge < -0.3 is 4.42 Å². The molecule has 0 spiro atoms. The Morgan fingerprint density at radius 3 is 2.47 bits per heavy atom. The first kappa shape index (κ1) is 11.9. The highest BCUT2D eigenvalue weighted by molar-refractivity contribution is 9.10. The van der Waals surface area contributed by atoms with Gasteiger partial charge in [0.2, 0.25) is 0 Å². The van der Waals surface area contributed by atoms with Crippen molar-refractivity contribution in [3.05, 3.63) is 45.9 Å². The number of benzene rings is 1. The molecule has 0 fully saturated rings. The zero-order valence-corrected chi connectivity index (χ0v) is 9.72. The second-order valence-electron chi connectivity index (χ2n) is 3.16. The third kappa shape index (κ3) is 2.00. The SMILES string of the molecule is O=Cc1ccc(-c2c(F)cc(F)c(F)c2Br)o1. The lowest BCUT2D eigenvalue weighted by molar-refractivity contribution is 0.110. The van der Waals surface area contributed by atoms with Crippen molar-refractivity contribution >= 4 is 22.2 Å². The molecule has 0 unspecified atom stereocenters. The summed E-state index contributed by atoms with van der Waals surface area (Å²) in [7, 11) is 0. The summed E-state index contributed by atoms with van der Waals surface area (Å²) >= 11 is 2.75. The Hall–Kier alpha value is -1.56. The molecule has 0 aliphatic heterocycles. The molecule has 0 radical (unpaired) electrons. The van der Waals surface area contributed by atoms with E-state index in [0.29, 0.717) is 12.4 Å². The lowest BCUT2D eigenvalue weighted by Gasteiger charge is -2.05. The summed E-state index contributed by atoms with van der Waals surface area (Å²) < 4.78 is 44.2. The molecule has 0 N–H and O–H groups in total. The minimum atomic E-state index is -1.31. The van der Waals surface area contributed by atoms with Gasteiger partial charge in [0.15, 0.2) is 23.7 Å². The zero-order chi connectivity index (χ0) is 12.6. The van der Waals surface area contributed by atoms with Crippen molar-refractivity contribution in [2.75, 3.05) is 0 Å². The van der Waals surface area contributed by atoms with Crippen LogP contribution in [-0.2, 0) is 0 Å². The Morgan fingerprint density at radius 1 is 1.18 bits per heavy atom. The molecule has 0 aliphatic carbocycles. The fourth-order valence-electron chi connectivity index (χ4n) is 1.34. The van der Waals surface area contributed by atoms with Crippen molar-refractivity contribution in [1.29, 1.82) is 0 Å². The van der Waals surface area contributed by atoms with Crippen LogP contribution in [0.5, 0.6) is 0 Å². The number of carbonyl (C=O) groups is 1. The van der Waals surface area contributed by atoms with Crippen LogP contribution in [0.3, 0.4) is 0 Å². The standard InChI is InChI=1S/C11H4BrF3O2/c12-10-9(6(13)3-7(14)11(10)15)8-2-1-5(4-16)17-8/h1-4H. The minimum absolute atomic E-state index is 0.0315. The van der Waals surface area contributed by atoms with Crippen LogP contribution in [-0.4, -0.2) is 6.29 Å². The number of carbonyl (C=O) groups excluding carboxylic acids is 1. The van der Waals surface area contributed by atoms with E-state index < -0.39 is 17.5 Å². The van der Waals surface area contributed by atoms with E-state index in [4.69, 9.17) is 4.42 Å². The van der Waals surface area contributed by atoms with Gasteiger partial charge in [-0.3, -0.25) is 4.79 Å². The summed E-state index contributed by atoms with van der Waals surface area (Å²) in [5.41, 5.74) is -0.267. The molecule has 0 bridgehead atoms. The molecule has 2 aromatic rings. The molecular weight excluding hydrogens is 301 g/mol. The van der Waals surface area contributed by atoms with Gasteiger partial charge in [-0.2, -0.15) is 0 Å². The molecule has 2 rings (SSSR count). The minimum Gasteiger partial charge on any atom is -0.453 e. The maximum atomic E-state index is 13.5. The quantitative estimate of drug-likeness (QED) is 0.478. The third-order valence-corrected chi connectivity index (χ3v) is 2.85. The van der Waals surface area contributed by atoms with Gasteiger partial charge >= 0.3 is 0 Å². The van der Waals surface area contributed by atoms with Gasteiger partial charge in [-0.25, -0.2) is 13.2 Å². The van der Waals surface area contributed by atoms with Crippen LogP contribution in [0.1, 0.15) is 10.6 Å². The molecule has 1 heterocycles. The molecule has 0 saturated heterocycles. The van der Waals surface area contributed by atoms with Gasteiger partial charge in [0.1, 0.15) is 11.6 Å². The van der Waals surface area contributed by atoms with E-state index >= 15 is 0 Å². The number of halogens is 4. The molecule has 17 heavy (non-hydrogen) atoms. The summed E-state index contributed by atoms with van der Waals surface area (Å²) in [4.78, 5) is 10.4. The molecule has 0 amide bonds. The van der Waals surface area contributed by atoms with Crippen molar-refractivity contribution in [2.24, 2.45) is 0 Å². The first-order valence-corrected chi connectivity index (χ1v) is 5.22. The van der Waals surface area contributed by atoms with Gasteiger partial charge in [0, 0.05) is 6.07 Å². The maximum absolute atomic E-state index is 13.5. The topological polar surface area (TPSA) is 30.2 Å². The van der Waals surface area contributed by atoms with E-state index in [9.17, 15) is 18.0 Å². The largest absolute Gasteiger partial charge is 0.453 e. The van der Waals surface area contributed by atoms with Gasteiger partial charge in [-0.1, -0.05) is 0 Å². The molecule has 1 aromatic carbocycles. The van der Waals surface area contributed by atoms with Crippen LogP contribution in [0, 0.1) is 17.5 Å². The second kappa shape index (κ2) is 4.37. The highest BCUT2D eigenvalue weighted by Crippen LogP contribution is 2.35. The van der Waals surface area contributed by atoms with Crippen molar-refractivity contribution in [2.45, 2.75) is 0 Å². The predicted octanol–water partition coefficient (Wildman–Crippen LogP) is 3.94. The summed E-state index contributed by atoms with van der Waals surface area (Å²) in [5, 5.41) is 0. The average molecular weight is 305 g/mol. The highest BCUT2D eigenvalue weighted by atomic mass is 79.9. The van der Waals surface area contributed by atoms with Crippen molar-refractivity contribution in [3.8, 4) is 11.3 Å². The van der Waals surface area contributed by atoms with Crippen molar-refractivity contribution in [1.82, 2.24) is 0 Å². The van der Waals surface area contributed by atoms with Crippen LogP contribution in [0.15, 0.2) is 27.1 Å². The first-order valence-electron chi connectivity index (χ1n) is 4.43. The Balaban J connectivity index is 2.66. The van der Waals surface area contributed by atoms with Gasteiger partial charge in [0.25, 0.3) is 0 Å². The number of hydrogen-bond donors (Lipinski definition) is 0. The molecular formula is C11H4BrF3O2. The molecule has 6 heteroatoms. The Labute approximate surface area is 102 Å². The molecule has 2 nitrogen and oxygen atoms in total. The van der Waals surface area contributed by atoms with Gasteiger partial charge in [0.05, 0.1) is 10.0 Å². The van der Waals surface area contributed by atoms with Gasteiger partial charge in [-0.15, -0.1) is 0 Å². The summed E-state index contributed by atoms with van der Waals surface area (Å²) in [5.74, 6) is -3.60. The van der Waals surface area contributed by atoms with Crippen molar-refractivity contribution < 1.29 is 22.4 Å². The Morgan fingerprint density at radius 2 is 1.88 bits per heavy atom. The molecule has 0 atom stereocenters. The summed E-state index contributed by atoms with van der Waals surface area (Å²) in [6, 6.07) is 3.01. The molecule has 88 valence electrons. The lowest BCUT2D eigenvalue weighted by atomic mass is 10.1. The average Bonchev–Trinajstić information content (AvgIpc) is 2.74. The Bertz CT molecular complexity index is 593. The molecule has 1 aromatic heterocycles. The first-order chi connectivity index (χ1) is 8.04. The smallest absolute Gasteiger partial charge is 0.185 e. The summed E-state index contributed by atoms with van der Waals surface area (Å²) in [6.45, 7) is 0. The third-order valence-electron chi connectivity index (χ3n) is 2.10. The van der Waals surface area contributed by atoms with Crippen LogP contribution in [0.4, 0.5) is 13.2 Å². The lowest BCUT2D eigenvalue weighted by Crippen LogP contribution is -1.93. The summed E-state index contributed by atoms with van der Waals surface area (Å²) in [6.07, 6.45) is 0.426. The monoisotopic (exact) mass is 304 g/mol. The predicted molar refractivity (Wildman–Crippen MR) is 57.1 cm³/mol. The number of aldehydes is 1. The van der Waals surface area contributed by atoms with E-state index in [1.165, 1.54) is 12.1 Å². The number of rotatable bonds is 2. The van der Waals surface area contributed by atoms with Crippen molar-refractivity contribution in [3.63, 3.8) is 0 Å². The van der Waals surface area contributed by atoms with E-state index in [1.54, 1.807) is 0 Å². The van der Waals surface area contributed by atoms with E-state index in [-0.39, 0.29) is 21.6 Å². The van der Waals surface area contributed by atoms with E-state index in [2.05, 4.69) is 15.9 Å². The van der Waals surface area contributed by atoms with Gasteiger partial charge in [-0.05, 0) is 28.1 Å². The Kier molecular flexibility index (Phi) is 3.06.